The van der Waals surface area contributed by atoms with Crippen LogP contribution in [0.15, 0.2) is 18.2 Å². The first-order valence-corrected chi connectivity index (χ1v) is 12.3. The molecule has 1 aliphatic rings. The number of carbonyl (C=O) groups excluding carboxylic acids is 1. The molecule has 0 radical (unpaired) electrons. The molecule has 1 heterocycles. The Labute approximate surface area is 233 Å². The predicted octanol–water partition coefficient (Wildman–Crippen LogP) is 5.55. The fourth-order valence-electron chi connectivity index (χ4n) is 4.50. The van der Waals surface area contributed by atoms with Gasteiger partial charge in [-0.3, -0.25) is 15.0 Å². The van der Waals surface area contributed by atoms with Crippen molar-refractivity contribution in [2.45, 2.75) is 59.4 Å². The van der Waals surface area contributed by atoms with Gasteiger partial charge in [-0.25, -0.2) is 4.39 Å². The molecule has 0 saturated carbocycles. The number of hydrogen-bond donors (Lipinski definition) is 2. The van der Waals surface area contributed by atoms with Crippen LogP contribution in [0.4, 0.5) is 4.39 Å². The molecule has 0 bridgehead atoms. The van der Waals surface area contributed by atoms with Crippen LogP contribution in [0, 0.1) is 11.2 Å². The highest BCUT2D eigenvalue weighted by atomic mass is 79.9. The molecule has 0 aliphatic carbocycles. The fraction of sp³-hybridized carbons (Fsp3) is 0.464. The van der Waals surface area contributed by atoms with Crippen LogP contribution in [-0.2, 0) is 23.2 Å². The van der Waals surface area contributed by atoms with Crippen LogP contribution >= 0.6 is 17.0 Å². The van der Waals surface area contributed by atoms with Crippen molar-refractivity contribution in [3.05, 3.63) is 51.8 Å². The van der Waals surface area contributed by atoms with Gasteiger partial charge in [0.15, 0.2) is 23.1 Å². The minimum atomic E-state index is -0.945. The van der Waals surface area contributed by atoms with Crippen molar-refractivity contribution in [1.82, 2.24) is 4.90 Å². The number of fused-ring (bicyclic) bond motifs is 1. The standard InChI is InChI=1S/C28H35FN2O6.BrH/c1-7-36-21-13-18-14-31(27(30)23(18)24(29)26(21)37-8-2)15-20(32)17-11-16(9-10-22(33)34)25(35-6)19(12-17)28(3,4)5;/h11-13,30H,7-10,14-15H2,1-6H3,(H,33,34);1H. The SMILES string of the molecule is Br.CCOc1cc2c(c(F)c1OCC)C(=N)N(CC(=O)c1cc(CCC(=O)O)c(OC)c(C(C)(C)C)c1)C2. The first kappa shape index (κ1) is 31.1. The topological polar surface area (TPSA) is 109 Å². The van der Waals surface area contributed by atoms with Crippen LogP contribution in [0.25, 0.3) is 0 Å². The van der Waals surface area contributed by atoms with Crippen molar-refractivity contribution in [1.29, 1.82) is 5.41 Å². The van der Waals surface area contributed by atoms with Gasteiger partial charge in [0.1, 0.15) is 11.6 Å². The zero-order valence-electron chi connectivity index (χ0n) is 22.7. The third-order valence-corrected chi connectivity index (χ3v) is 6.21. The minimum absolute atomic E-state index is 0. The number of carbonyl (C=O) groups is 2. The van der Waals surface area contributed by atoms with Crippen molar-refractivity contribution in [2.75, 3.05) is 26.9 Å². The molecular weight excluding hydrogens is 559 g/mol. The first-order valence-electron chi connectivity index (χ1n) is 12.3. The van der Waals surface area contributed by atoms with E-state index < -0.39 is 11.8 Å². The van der Waals surface area contributed by atoms with E-state index in [9.17, 15) is 14.7 Å². The van der Waals surface area contributed by atoms with Crippen LogP contribution in [0.2, 0.25) is 0 Å². The van der Waals surface area contributed by atoms with Gasteiger partial charge in [-0.1, -0.05) is 20.8 Å². The molecule has 0 aromatic heterocycles. The molecule has 10 heteroatoms. The number of rotatable bonds is 11. The minimum Gasteiger partial charge on any atom is -0.496 e. The highest BCUT2D eigenvalue weighted by Gasteiger charge is 2.33. The summed E-state index contributed by atoms with van der Waals surface area (Å²) in [7, 11) is 1.53. The summed E-state index contributed by atoms with van der Waals surface area (Å²) in [6.07, 6.45) is 0.104. The molecule has 0 saturated heterocycles. The molecule has 2 N–H and O–H groups in total. The number of ketones is 1. The Morgan fingerprint density at radius 2 is 1.76 bits per heavy atom. The largest absolute Gasteiger partial charge is 0.496 e. The van der Waals surface area contributed by atoms with Crippen LogP contribution in [0.1, 0.15) is 73.7 Å². The molecular formula is C28H36BrFN2O6. The third kappa shape index (κ3) is 6.46. The van der Waals surface area contributed by atoms with Crippen LogP contribution in [-0.4, -0.2) is 54.5 Å². The van der Waals surface area contributed by atoms with Gasteiger partial charge in [0.2, 0.25) is 0 Å². The van der Waals surface area contributed by atoms with Gasteiger partial charge in [0, 0.05) is 24.1 Å². The van der Waals surface area contributed by atoms with Gasteiger partial charge in [-0.05, 0) is 55.0 Å². The summed E-state index contributed by atoms with van der Waals surface area (Å²) in [5, 5.41) is 17.8. The van der Waals surface area contributed by atoms with Crippen LogP contribution in [0.3, 0.4) is 0 Å². The van der Waals surface area contributed by atoms with Crippen LogP contribution in [0.5, 0.6) is 17.2 Å². The Hall–Kier alpha value is -3.14. The number of carboxylic acids is 1. The van der Waals surface area contributed by atoms with E-state index in [1.165, 1.54) is 12.0 Å². The highest BCUT2D eigenvalue weighted by Crippen LogP contribution is 2.40. The number of amidine groups is 1. The number of ether oxygens (including phenoxy) is 3. The maximum atomic E-state index is 15.4. The van der Waals surface area contributed by atoms with E-state index in [-0.39, 0.29) is 83.6 Å². The average molecular weight is 596 g/mol. The summed E-state index contributed by atoms with van der Waals surface area (Å²) in [5.41, 5.74) is 2.09. The van der Waals surface area contributed by atoms with Crippen molar-refractivity contribution in [3.63, 3.8) is 0 Å². The summed E-state index contributed by atoms with van der Waals surface area (Å²) >= 11 is 0. The van der Waals surface area contributed by atoms with E-state index >= 15 is 4.39 Å². The lowest BCUT2D eigenvalue weighted by Gasteiger charge is -2.25. The molecule has 0 unspecified atom stereocenters. The van der Waals surface area contributed by atoms with Gasteiger partial charge in [0.05, 0.1) is 32.4 Å². The number of nitrogens with one attached hydrogen (secondary N) is 1. The maximum Gasteiger partial charge on any atom is 0.303 e. The van der Waals surface area contributed by atoms with E-state index in [1.54, 1.807) is 32.0 Å². The third-order valence-electron chi connectivity index (χ3n) is 6.21. The van der Waals surface area contributed by atoms with Crippen molar-refractivity contribution in [2.24, 2.45) is 0 Å². The average Bonchev–Trinajstić information content (AvgIpc) is 3.13. The fourth-order valence-corrected chi connectivity index (χ4v) is 4.50. The smallest absolute Gasteiger partial charge is 0.303 e. The molecule has 8 nitrogen and oxygen atoms in total. The van der Waals surface area contributed by atoms with Crippen LogP contribution < -0.4 is 14.2 Å². The normalized spacial score (nSPS) is 12.6. The predicted molar refractivity (Wildman–Crippen MR) is 148 cm³/mol. The number of Topliss-reactive ketones (excluding diaryl/α,β-unsaturated/α-hetero) is 1. The zero-order valence-corrected chi connectivity index (χ0v) is 24.4. The van der Waals surface area contributed by atoms with Gasteiger partial charge < -0.3 is 24.2 Å². The molecule has 2 aromatic rings. The molecule has 38 heavy (non-hydrogen) atoms. The highest BCUT2D eigenvalue weighted by molar-refractivity contribution is 8.93. The second-order valence-electron chi connectivity index (χ2n) is 9.91. The molecule has 0 spiro atoms. The lowest BCUT2D eigenvalue weighted by atomic mass is 9.83. The Kier molecular flexibility index (Phi) is 10.3. The number of halogens is 2. The summed E-state index contributed by atoms with van der Waals surface area (Å²) in [5.74, 6) is -1.17. The molecule has 0 atom stereocenters. The second-order valence-corrected chi connectivity index (χ2v) is 9.91. The lowest BCUT2D eigenvalue weighted by molar-refractivity contribution is -0.136. The molecule has 0 fully saturated rings. The van der Waals surface area contributed by atoms with Crippen molar-refractivity contribution >= 4 is 34.6 Å². The van der Waals surface area contributed by atoms with Gasteiger partial charge in [0.25, 0.3) is 0 Å². The van der Waals surface area contributed by atoms with Gasteiger partial charge >= 0.3 is 5.97 Å². The first-order chi connectivity index (χ1) is 17.4. The zero-order chi connectivity index (χ0) is 27.5. The number of carboxylic acid groups (broad SMARTS) is 1. The summed E-state index contributed by atoms with van der Waals surface area (Å²) in [6.45, 7) is 10.1. The Morgan fingerprint density at radius 3 is 2.32 bits per heavy atom. The molecule has 1 aliphatic heterocycles. The summed E-state index contributed by atoms with van der Waals surface area (Å²) < 4.78 is 32.0. The Balaban J connectivity index is 0.00000507. The number of hydrogen-bond acceptors (Lipinski definition) is 6. The number of aliphatic carboxylic acids is 1. The van der Waals surface area contributed by atoms with Gasteiger partial charge in [-0.15, -0.1) is 17.0 Å². The number of aryl methyl sites for hydroxylation is 1. The number of nitrogens with zero attached hydrogens (tertiary/aromatic N) is 1. The number of methoxy groups -OCH3 is 1. The Morgan fingerprint density at radius 1 is 1.11 bits per heavy atom. The van der Waals surface area contributed by atoms with E-state index in [0.29, 0.717) is 29.0 Å². The number of benzene rings is 2. The monoisotopic (exact) mass is 594 g/mol. The quantitative estimate of drug-likeness (QED) is 0.328. The lowest BCUT2D eigenvalue weighted by Crippen LogP contribution is -2.31. The molecule has 3 rings (SSSR count). The molecule has 0 amide bonds. The second kappa shape index (κ2) is 12.6. The summed E-state index contributed by atoms with van der Waals surface area (Å²) in [4.78, 5) is 26.2. The van der Waals surface area contributed by atoms with Crippen molar-refractivity contribution < 1.29 is 33.3 Å². The van der Waals surface area contributed by atoms with E-state index in [4.69, 9.17) is 19.6 Å². The molecule has 2 aromatic carbocycles. The van der Waals surface area contributed by atoms with Crippen molar-refractivity contribution in [3.8, 4) is 17.2 Å². The Bertz CT molecular complexity index is 1230. The summed E-state index contributed by atoms with van der Waals surface area (Å²) in [6, 6.07) is 5.09. The van der Waals surface area contributed by atoms with E-state index in [1.807, 2.05) is 20.8 Å². The molecule has 208 valence electrons. The maximum absolute atomic E-state index is 15.4. The van der Waals surface area contributed by atoms with Gasteiger partial charge in [-0.2, -0.15) is 0 Å². The van der Waals surface area contributed by atoms with E-state index in [2.05, 4.69) is 0 Å². The van der Waals surface area contributed by atoms with E-state index in [0.717, 1.165) is 5.56 Å².